The minimum Gasteiger partial charge on any atom is -0.487 e. The van der Waals surface area contributed by atoms with Crippen molar-refractivity contribution >= 4 is 15.9 Å². The highest BCUT2D eigenvalue weighted by Crippen LogP contribution is 2.29. The SMILES string of the molecule is Cc1ccc(C(C)C)c(OCc2c(Br)c(C)nn2C)c1. The number of aryl methyl sites for hydroxylation is 3. The van der Waals surface area contributed by atoms with Crippen LogP contribution in [0.1, 0.15) is 42.3 Å². The summed E-state index contributed by atoms with van der Waals surface area (Å²) < 4.78 is 8.94. The Morgan fingerprint density at radius 1 is 1.30 bits per heavy atom. The van der Waals surface area contributed by atoms with Crippen LogP contribution in [-0.2, 0) is 13.7 Å². The number of nitrogens with zero attached hydrogens (tertiary/aromatic N) is 2. The van der Waals surface area contributed by atoms with Crippen LogP contribution >= 0.6 is 15.9 Å². The standard InChI is InChI=1S/C16H21BrN2O/c1-10(2)13-7-6-11(3)8-15(13)20-9-14-16(17)12(4)18-19(14)5/h6-8,10H,9H2,1-5H3. The fourth-order valence-corrected chi connectivity index (χ4v) is 2.68. The van der Waals surface area contributed by atoms with Crippen LogP contribution in [0, 0.1) is 13.8 Å². The van der Waals surface area contributed by atoms with Crippen molar-refractivity contribution < 1.29 is 4.74 Å². The van der Waals surface area contributed by atoms with Crippen LogP contribution in [0.4, 0.5) is 0 Å². The van der Waals surface area contributed by atoms with Crippen molar-refractivity contribution in [3.05, 3.63) is 45.2 Å². The van der Waals surface area contributed by atoms with Crippen molar-refractivity contribution in [2.24, 2.45) is 7.05 Å². The fraction of sp³-hybridized carbons (Fsp3) is 0.438. The lowest BCUT2D eigenvalue weighted by Gasteiger charge is -2.15. The minimum atomic E-state index is 0.447. The Morgan fingerprint density at radius 2 is 2.00 bits per heavy atom. The lowest BCUT2D eigenvalue weighted by molar-refractivity contribution is 0.290. The molecule has 0 N–H and O–H groups in total. The Morgan fingerprint density at radius 3 is 2.55 bits per heavy atom. The smallest absolute Gasteiger partial charge is 0.131 e. The van der Waals surface area contributed by atoms with Crippen molar-refractivity contribution in [1.29, 1.82) is 0 Å². The maximum atomic E-state index is 6.05. The maximum absolute atomic E-state index is 6.05. The summed E-state index contributed by atoms with van der Waals surface area (Å²) in [5.74, 6) is 1.41. The Hall–Kier alpha value is -1.29. The molecule has 20 heavy (non-hydrogen) atoms. The van der Waals surface area contributed by atoms with Gasteiger partial charge in [-0.1, -0.05) is 26.0 Å². The average molecular weight is 337 g/mol. The van der Waals surface area contributed by atoms with Crippen LogP contribution < -0.4 is 4.74 Å². The van der Waals surface area contributed by atoms with Gasteiger partial charge in [0.1, 0.15) is 12.4 Å². The predicted molar refractivity (Wildman–Crippen MR) is 85.2 cm³/mol. The molecule has 2 rings (SSSR count). The van der Waals surface area contributed by atoms with Crippen molar-refractivity contribution in [1.82, 2.24) is 9.78 Å². The highest BCUT2D eigenvalue weighted by molar-refractivity contribution is 9.10. The van der Waals surface area contributed by atoms with E-state index in [-0.39, 0.29) is 0 Å². The lowest BCUT2D eigenvalue weighted by atomic mass is 10.0. The van der Waals surface area contributed by atoms with Gasteiger partial charge in [-0.2, -0.15) is 5.10 Å². The maximum Gasteiger partial charge on any atom is 0.131 e. The van der Waals surface area contributed by atoms with E-state index in [1.165, 1.54) is 11.1 Å². The van der Waals surface area contributed by atoms with E-state index < -0.39 is 0 Å². The average Bonchev–Trinajstić information content (AvgIpc) is 2.61. The molecule has 1 aromatic heterocycles. The van der Waals surface area contributed by atoms with E-state index in [1.54, 1.807) is 0 Å². The molecule has 0 unspecified atom stereocenters. The first-order chi connectivity index (χ1) is 9.40. The van der Waals surface area contributed by atoms with Crippen LogP contribution in [0.2, 0.25) is 0 Å². The van der Waals surface area contributed by atoms with Gasteiger partial charge in [-0.25, -0.2) is 0 Å². The van der Waals surface area contributed by atoms with Crippen molar-refractivity contribution in [2.75, 3.05) is 0 Å². The molecule has 0 spiro atoms. The number of halogens is 1. The minimum absolute atomic E-state index is 0.447. The molecule has 0 fully saturated rings. The van der Waals surface area contributed by atoms with E-state index in [0.29, 0.717) is 12.5 Å². The molecule has 0 saturated heterocycles. The number of ether oxygens (including phenoxy) is 1. The Balaban J connectivity index is 2.24. The molecule has 1 heterocycles. The third-order valence-corrected chi connectivity index (χ3v) is 4.45. The molecule has 0 amide bonds. The molecule has 108 valence electrons. The number of benzene rings is 1. The highest BCUT2D eigenvalue weighted by Gasteiger charge is 2.13. The highest BCUT2D eigenvalue weighted by atomic mass is 79.9. The number of hydrogen-bond acceptors (Lipinski definition) is 2. The Bertz CT molecular complexity index is 617. The summed E-state index contributed by atoms with van der Waals surface area (Å²) in [4.78, 5) is 0. The number of hydrogen-bond donors (Lipinski definition) is 0. The van der Waals surface area contributed by atoms with Crippen LogP contribution in [0.5, 0.6) is 5.75 Å². The predicted octanol–water partition coefficient (Wildman–Crippen LogP) is 4.50. The van der Waals surface area contributed by atoms with Gasteiger partial charge < -0.3 is 4.74 Å². The van der Waals surface area contributed by atoms with Crippen molar-refractivity contribution in [3.63, 3.8) is 0 Å². The van der Waals surface area contributed by atoms with Gasteiger partial charge in [0.25, 0.3) is 0 Å². The number of aromatic nitrogens is 2. The molecule has 0 saturated carbocycles. The molecule has 1 aromatic carbocycles. The van der Waals surface area contributed by atoms with Gasteiger partial charge in [-0.05, 0) is 52.9 Å². The quantitative estimate of drug-likeness (QED) is 0.821. The molecule has 0 radical (unpaired) electrons. The summed E-state index contributed by atoms with van der Waals surface area (Å²) in [5, 5.41) is 4.39. The molecule has 0 aliphatic carbocycles. The van der Waals surface area contributed by atoms with Crippen LogP contribution in [-0.4, -0.2) is 9.78 Å². The normalized spacial score (nSPS) is 11.2. The molecule has 3 nitrogen and oxygen atoms in total. The van der Waals surface area contributed by atoms with E-state index >= 15 is 0 Å². The van der Waals surface area contributed by atoms with Gasteiger partial charge in [0.15, 0.2) is 0 Å². The van der Waals surface area contributed by atoms with Crippen LogP contribution in [0.25, 0.3) is 0 Å². The zero-order valence-electron chi connectivity index (χ0n) is 12.7. The van der Waals surface area contributed by atoms with Gasteiger partial charge in [0.2, 0.25) is 0 Å². The van der Waals surface area contributed by atoms with Crippen molar-refractivity contribution in [3.8, 4) is 5.75 Å². The molecular formula is C16H21BrN2O. The van der Waals surface area contributed by atoms with Crippen molar-refractivity contribution in [2.45, 2.75) is 40.2 Å². The molecule has 4 heteroatoms. The summed E-state index contributed by atoms with van der Waals surface area (Å²) in [5.41, 5.74) is 4.49. The fourth-order valence-electron chi connectivity index (χ4n) is 2.23. The second-order valence-corrected chi connectivity index (χ2v) is 6.25. The molecule has 0 aliphatic rings. The first-order valence-electron chi connectivity index (χ1n) is 6.81. The molecule has 0 atom stereocenters. The lowest BCUT2D eigenvalue weighted by Crippen LogP contribution is -2.05. The van der Waals surface area contributed by atoms with Gasteiger partial charge in [-0.15, -0.1) is 0 Å². The molecular weight excluding hydrogens is 316 g/mol. The van der Waals surface area contributed by atoms with Gasteiger partial charge in [-0.3, -0.25) is 4.68 Å². The summed E-state index contributed by atoms with van der Waals surface area (Å²) in [6, 6.07) is 6.39. The van der Waals surface area contributed by atoms with E-state index in [4.69, 9.17) is 4.74 Å². The summed E-state index contributed by atoms with van der Waals surface area (Å²) in [7, 11) is 1.94. The second kappa shape index (κ2) is 6.00. The molecule has 0 aliphatic heterocycles. The van der Waals surface area contributed by atoms with Gasteiger partial charge in [0, 0.05) is 7.05 Å². The van der Waals surface area contributed by atoms with Gasteiger partial charge >= 0.3 is 0 Å². The third-order valence-electron chi connectivity index (χ3n) is 3.42. The Labute approximate surface area is 129 Å². The van der Waals surface area contributed by atoms with E-state index in [0.717, 1.165) is 21.6 Å². The molecule has 0 bridgehead atoms. The Kier molecular flexibility index (Phi) is 4.53. The molecule has 2 aromatic rings. The third kappa shape index (κ3) is 3.06. The zero-order valence-corrected chi connectivity index (χ0v) is 14.3. The zero-order chi connectivity index (χ0) is 14.9. The first kappa shape index (κ1) is 15.1. The van der Waals surface area contributed by atoms with E-state index in [1.807, 2.05) is 18.7 Å². The van der Waals surface area contributed by atoms with Gasteiger partial charge in [0.05, 0.1) is 15.9 Å². The van der Waals surface area contributed by atoms with Crippen LogP contribution in [0.3, 0.4) is 0 Å². The second-order valence-electron chi connectivity index (χ2n) is 5.45. The number of rotatable bonds is 4. The van der Waals surface area contributed by atoms with Crippen LogP contribution in [0.15, 0.2) is 22.7 Å². The summed E-state index contributed by atoms with van der Waals surface area (Å²) in [6.07, 6.45) is 0. The first-order valence-corrected chi connectivity index (χ1v) is 7.60. The largest absolute Gasteiger partial charge is 0.487 e. The monoisotopic (exact) mass is 336 g/mol. The van der Waals surface area contributed by atoms with E-state index in [9.17, 15) is 0 Å². The topological polar surface area (TPSA) is 27.1 Å². The summed E-state index contributed by atoms with van der Waals surface area (Å²) >= 11 is 3.57. The summed E-state index contributed by atoms with van der Waals surface area (Å²) in [6.45, 7) is 8.95. The van der Waals surface area contributed by atoms with E-state index in [2.05, 4.69) is 60.0 Å².